The number of carbonyl (C=O) groups excluding carboxylic acids is 3. The highest BCUT2D eigenvalue weighted by molar-refractivity contribution is 8.00. The Bertz CT molecular complexity index is 1370. The number of fused-ring (bicyclic) bond motifs is 2. The molecule has 3 aromatic rings. The van der Waals surface area contributed by atoms with E-state index in [9.17, 15) is 14.4 Å². The van der Waals surface area contributed by atoms with Gasteiger partial charge in [0.05, 0.1) is 41.5 Å². The standard InChI is InChI=1S/C24H25N3O5S3/c1-4-10-27-16-9-8-14(31-2)11-18(16)35-24(27)26-20(29)13-33-12-19(28)25-22-21(23(30)32-3)15-6-5-7-17(15)34-22/h4,8-9,11H,1,5-7,10,12-13H2,2-3H3,(H,25,28). The van der Waals surface area contributed by atoms with Crippen LogP contribution in [0, 0.1) is 0 Å². The predicted molar refractivity (Wildman–Crippen MR) is 141 cm³/mol. The van der Waals surface area contributed by atoms with Gasteiger partial charge in [0.25, 0.3) is 5.91 Å². The van der Waals surface area contributed by atoms with Crippen LogP contribution in [0.4, 0.5) is 5.00 Å². The van der Waals surface area contributed by atoms with Gasteiger partial charge in [-0.1, -0.05) is 17.4 Å². The number of benzene rings is 1. The number of nitrogens with zero attached hydrogens (tertiary/aromatic N) is 2. The van der Waals surface area contributed by atoms with E-state index in [0.717, 1.165) is 45.7 Å². The summed E-state index contributed by atoms with van der Waals surface area (Å²) >= 11 is 4.00. The zero-order chi connectivity index (χ0) is 24.9. The summed E-state index contributed by atoms with van der Waals surface area (Å²) in [6.45, 7) is 4.31. The van der Waals surface area contributed by atoms with E-state index in [4.69, 9.17) is 9.47 Å². The van der Waals surface area contributed by atoms with Crippen molar-refractivity contribution in [2.75, 3.05) is 31.0 Å². The number of nitrogens with one attached hydrogen (secondary N) is 1. The number of ether oxygens (including phenoxy) is 2. The number of carbonyl (C=O) groups is 3. The zero-order valence-corrected chi connectivity index (χ0v) is 21.9. The molecule has 1 aromatic carbocycles. The number of rotatable bonds is 9. The van der Waals surface area contributed by atoms with Gasteiger partial charge in [0.1, 0.15) is 10.8 Å². The molecule has 0 atom stereocenters. The third-order valence-corrected chi connectivity index (χ3v) is 8.61. The van der Waals surface area contributed by atoms with Crippen molar-refractivity contribution in [1.29, 1.82) is 0 Å². The molecule has 0 radical (unpaired) electrons. The lowest BCUT2D eigenvalue weighted by Crippen LogP contribution is -2.19. The number of methoxy groups -OCH3 is 2. The quantitative estimate of drug-likeness (QED) is 0.331. The molecule has 4 rings (SSSR count). The Morgan fingerprint density at radius 1 is 1.23 bits per heavy atom. The molecule has 1 aliphatic rings. The molecule has 0 unspecified atom stereocenters. The molecule has 1 aliphatic carbocycles. The highest BCUT2D eigenvalue weighted by Gasteiger charge is 2.28. The van der Waals surface area contributed by atoms with Crippen LogP contribution in [0.1, 0.15) is 27.2 Å². The fourth-order valence-electron chi connectivity index (χ4n) is 3.91. The van der Waals surface area contributed by atoms with Crippen LogP contribution in [0.15, 0.2) is 35.8 Å². The highest BCUT2D eigenvalue weighted by Crippen LogP contribution is 2.39. The van der Waals surface area contributed by atoms with Crippen LogP contribution < -0.4 is 14.9 Å². The van der Waals surface area contributed by atoms with Crippen LogP contribution in [-0.2, 0) is 33.7 Å². The molecular formula is C24H25N3O5S3. The Hall–Kier alpha value is -2.89. The van der Waals surface area contributed by atoms with Crippen molar-refractivity contribution < 1.29 is 23.9 Å². The molecule has 2 aromatic heterocycles. The molecule has 35 heavy (non-hydrogen) atoms. The van der Waals surface area contributed by atoms with Gasteiger partial charge in [-0.2, -0.15) is 4.99 Å². The summed E-state index contributed by atoms with van der Waals surface area (Å²) in [6.07, 6.45) is 4.47. The zero-order valence-electron chi connectivity index (χ0n) is 19.4. The van der Waals surface area contributed by atoms with Crippen LogP contribution >= 0.6 is 34.4 Å². The van der Waals surface area contributed by atoms with Gasteiger partial charge in [-0.25, -0.2) is 4.79 Å². The van der Waals surface area contributed by atoms with E-state index in [0.29, 0.717) is 21.9 Å². The smallest absolute Gasteiger partial charge is 0.341 e. The average molecular weight is 532 g/mol. The fourth-order valence-corrected chi connectivity index (χ4v) is 6.89. The third-order valence-electron chi connectivity index (χ3n) is 5.44. The van der Waals surface area contributed by atoms with Crippen molar-refractivity contribution in [3.63, 3.8) is 0 Å². The van der Waals surface area contributed by atoms with E-state index < -0.39 is 5.97 Å². The summed E-state index contributed by atoms with van der Waals surface area (Å²) < 4.78 is 13.1. The first-order chi connectivity index (χ1) is 16.9. The van der Waals surface area contributed by atoms with Crippen molar-refractivity contribution >= 4 is 67.4 Å². The van der Waals surface area contributed by atoms with Gasteiger partial charge < -0.3 is 19.4 Å². The van der Waals surface area contributed by atoms with Gasteiger partial charge in [0, 0.05) is 11.4 Å². The lowest BCUT2D eigenvalue weighted by molar-refractivity contribution is -0.115. The van der Waals surface area contributed by atoms with Crippen molar-refractivity contribution in [3.8, 4) is 5.75 Å². The van der Waals surface area contributed by atoms with E-state index >= 15 is 0 Å². The van der Waals surface area contributed by atoms with E-state index in [2.05, 4.69) is 16.9 Å². The minimum atomic E-state index is -0.435. The van der Waals surface area contributed by atoms with Crippen LogP contribution in [-0.4, -0.2) is 48.1 Å². The molecule has 0 saturated heterocycles. The second-order valence-corrected chi connectivity index (χ2v) is 10.8. The third kappa shape index (κ3) is 5.52. The minimum absolute atomic E-state index is 0.0594. The van der Waals surface area contributed by atoms with Gasteiger partial charge in [-0.15, -0.1) is 29.7 Å². The number of thiophene rings is 1. The van der Waals surface area contributed by atoms with Crippen LogP contribution in [0.3, 0.4) is 0 Å². The number of amides is 2. The van der Waals surface area contributed by atoms with Crippen molar-refractivity contribution in [2.45, 2.75) is 25.8 Å². The first kappa shape index (κ1) is 25.2. The summed E-state index contributed by atoms with van der Waals surface area (Å²) in [5, 5.41) is 3.35. The molecule has 0 fully saturated rings. The Morgan fingerprint density at radius 2 is 2.06 bits per heavy atom. The monoisotopic (exact) mass is 531 g/mol. The SMILES string of the molecule is C=CCn1c(=NC(=O)CSCC(=O)Nc2sc3c(c2C(=O)OC)CCC3)sc2cc(OC)ccc21. The van der Waals surface area contributed by atoms with Gasteiger partial charge in [0.2, 0.25) is 5.91 Å². The van der Waals surface area contributed by atoms with E-state index in [1.54, 1.807) is 13.2 Å². The molecule has 0 aliphatic heterocycles. The maximum Gasteiger partial charge on any atom is 0.341 e. The van der Waals surface area contributed by atoms with Crippen LogP contribution in [0.2, 0.25) is 0 Å². The summed E-state index contributed by atoms with van der Waals surface area (Å²) in [6, 6.07) is 5.70. The number of anilines is 1. The largest absolute Gasteiger partial charge is 0.497 e. The molecular weight excluding hydrogens is 506 g/mol. The van der Waals surface area contributed by atoms with E-state index in [1.807, 2.05) is 22.8 Å². The second-order valence-electron chi connectivity index (χ2n) is 7.72. The molecule has 0 saturated carbocycles. The first-order valence-corrected chi connectivity index (χ1v) is 13.7. The molecule has 0 spiro atoms. The number of aryl methyl sites for hydroxylation is 1. The van der Waals surface area contributed by atoms with E-state index in [1.165, 1.54) is 41.5 Å². The molecule has 184 valence electrons. The van der Waals surface area contributed by atoms with Gasteiger partial charge in [0.15, 0.2) is 4.80 Å². The lowest BCUT2D eigenvalue weighted by atomic mass is 10.1. The van der Waals surface area contributed by atoms with Crippen molar-refractivity contribution in [3.05, 3.63) is 51.7 Å². The topological polar surface area (TPSA) is 99.0 Å². The second kappa shape index (κ2) is 11.2. The lowest BCUT2D eigenvalue weighted by Gasteiger charge is -2.06. The van der Waals surface area contributed by atoms with Gasteiger partial charge in [-0.05, 0) is 43.0 Å². The minimum Gasteiger partial charge on any atom is -0.497 e. The summed E-state index contributed by atoms with van der Waals surface area (Å²) in [4.78, 5) is 43.3. The molecule has 8 nitrogen and oxygen atoms in total. The number of thiazole rings is 1. The number of allylic oxidation sites excluding steroid dienone is 1. The number of hydrogen-bond donors (Lipinski definition) is 1. The molecule has 0 bridgehead atoms. The summed E-state index contributed by atoms with van der Waals surface area (Å²) in [5.41, 5.74) is 2.38. The van der Waals surface area contributed by atoms with Crippen LogP contribution in [0.5, 0.6) is 5.75 Å². The maximum absolute atomic E-state index is 12.5. The number of esters is 1. The fraction of sp³-hybridized carbons (Fsp3) is 0.333. The Balaban J connectivity index is 1.41. The van der Waals surface area contributed by atoms with Gasteiger partial charge in [-0.3, -0.25) is 9.59 Å². The summed E-state index contributed by atoms with van der Waals surface area (Å²) in [7, 11) is 2.94. The Morgan fingerprint density at radius 3 is 2.80 bits per heavy atom. The number of aromatic nitrogens is 1. The average Bonchev–Trinajstić information content (AvgIpc) is 3.51. The first-order valence-electron chi connectivity index (χ1n) is 10.9. The van der Waals surface area contributed by atoms with Crippen molar-refractivity contribution in [2.24, 2.45) is 4.99 Å². The van der Waals surface area contributed by atoms with Crippen molar-refractivity contribution in [1.82, 2.24) is 4.57 Å². The molecule has 1 N–H and O–H groups in total. The van der Waals surface area contributed by atoms with Crippen LogP contribution in [0.25, 0.3) is 10.2 Å². The van der Waals surface area contributed by atoms with Gasteiger partial charge >= 0.3 is 5.97 Å². The molecule has 2 heterocycles. The predicted octanol–water partition coefficient (Wildman–Crippen LogP) is 4.03. The maximum atomic E-state index is 12.5. The Kier molecular flexibility index (Phi) is 8.09. The number of hydrogen-bond acceptors (Lipinski definition) is 8. The summed E-state index contributed by atoms with van der Waals surface area (Å²) in [5.74, 6) is -0.177. The molecule has 2 amide bonds. The number of thioether (sulfide) groups is 1. The highest BCUT2D eigenvalue weighted by atomic mass is 32.2. The molecule has 11 heteroatoms. The van der Waals surface area contributed by atoms with E-state index in [-0.39, 0.29) is 23.3 Å². The Labute approximate surface area is 214 Å². The normalized spacial score (nSPS) is 13.0.